The molecule has 1 aromatic heterocycles. The van der Waals surface area contributed by atoms with Crippen molar-refractivity contribution in [1.82, 2.24) is 9.71 Å². The molecule has 0 radical (unpaired) electrons. The summed E-state index contributed by atoms with van der Waals surface area (Å²) in [6.45, 7) is 1.49. The Hall–Kier alpha value is -1.97. The van der Waals surface area contributed by atoms with Crippen molar-refractivity contribution in [3.8, 4) is 6.07 Å². The Morgan fingerprint density at radius 2 is 2.11 bits per heavy atom. The van der Waals surface area contributed by atoms with Gasteiger partial charge in [0.2, 0.25) is 10.0 Å². The maximum absolute atomic E-state index is 12.1. The molecule has 6 heteroatoms. The minimum absolute atomic E-state index is 0.134. The summed E-state index contributed by atoms with van der Waals surface area (Å²) in [5.41, 5.74) is 0.602. The van der Waals surface area contributed by atoms with Gasteiger partial charge < -0.3 is 0 Å². The maximum atomic E-state index is 12.1. The van der Waals surface area contributed by atoms with Gasteiger partial charge in [-0.25, -0.2) is 8.42 Å². The highest BCUT2D eigenvalue weighted by molar-refractivity contribution is 7.89. The number of nitriles is 1. The van der Waals surface area contributed by atoms with E-state index in [9.17, 15) is 8.42 Å². The first-order valence-corrected chi connectivity index (χ1v) is 6.78. The smallest absolute Gasteiger partial charge is 0.242 e. The summed E-state index contributed by atoms with van der Waals surface area (Å²) in [5.74, 6) is 0. The van der Waals surface area contributed by atoms with Crippen LogP contribution in [0.1, 0.15) is 6.92 Å². The molecular weight excluding hydrogens is 250 g/mol. The van der Waals surface area contributed by atoms with Crippen molar-refractivity contribution in [1.29, 1.82) is 5.26 Å². The molecule has 5 nitrogen and oxygen atoms in total. The number of pyridine rings is 1. The normalized spacial score (nSPS) is 13.1. The first kappa shape index (κ1) is 12.5. The van der Waals surface area contributed by atoms with Gasteiger partial charge in [0.05, 0.1) is 16.5 Å². The number of aromatic nitrogens is 1. The van der Waals surface area contributed by atoms with E-state index < -0.39 is 16.1 Å². The van der Waals surface area contributed by atoms with Crippen molar-refractivity contribution in [2.24, 2.45) is 0 Å². The number of fused-ring (bicyclic) bond motifs is 1. The molecule has 0 saturated heterocycles. The highest BCUT2D eigenvalue weighted by Gasteiger charge is 2.19. The second-order valence-corrected chi connectivity index (χ2v) is 5.48. The van der Waals surface area contributed by atoms with Gasteiger partial charge in [-0.1, -0.05) is 6.07 Å². The minimum atomic E-state index is -3.71. The molecule has 92 valence electrons. The Labute approximate surface area is 105 Å². The molecule has 1 atom stereocenters. The zero-order valence-corrected chi connectivity index (χ0v) is 10.5. The van der Waals surface area contributed by atoms with Crippen LogP contribution in [0.15, 0.2) is 41.4 Å². The Morgan fingerprint density at radius 3 is 2.83 bits per heavy atom. The standard InChI is InChI=1S/C12H11N3O2S/c1-9(8-13)15-18(16,17)12-6-2-5-11-10(12)4-3-7-14-11/h2-7,9,15H,1H3. The summed E-state index contributed by atoms with van der Waals surface area (Å²) in [6.07, 6.45) is 1.60. The molecule has 0 aliphatic carbocycles. The van der Waals surface area contributed by atoms with E-state index in [4.69, 9.17) is 5.26 Å². The fourth-order valence-corrected chi connectivity index (χ4v) is 3.00. The molecule has 0 spiro atoms. The van der Waals surface area contributed by atoms with E-state index in [0.717, 1.165) is 0 Å². The summed E-state index contributed by atoms with van der Waals surface area (Å²) < 4.78 is 26.5. The molecule has 0 bridgehead atoms. The average molecular weight is 261 g/mol. The lowest BCUT2D eigenvalue weighted by atomic mass is 10.2. The molecule has 18 heavy (non-hydrogen) atoms. The Kier molecular flexibility index (Phi) is 3.28. The molecule has 1 N–H and O–H groups in total. The van der Waals surface area contributed by atoms with Crippen LogP contribution in [0.5, 0.6) is 0 Å². The van der Waals surface area contributed by atoms with Gasteiger partial charge in [-0.05, 0) is 31.2 Å². The first-order valence-electron chi connectivity index (χ1n) is 5.30. The molecule has 1 unspecified atom stereocenters. The second-order valence-electron chi connectivity index (χ2n) is 3.80. The summed E-state index contributed by atoms with van der Waals surface area (Å²) >= 11 is 0. The SMILES string of the molecule is CC(C#N)NS(=O)(=O)c1cccc2ncccc12. The fraction of sp³-hybridized carbons (Fsp3) is 0.167. The highest BCUT2D eigenvalue weighted by atomic mass is 32.2. The van der Waals surface area contributed by atoms with Crippen LogP contribution in [0.4, 0.5) is 0 Å². The zero-order valence-electron chi connectivity index (χ0n) is 9.66. The second kappa shape index (κ2) is 4.72. The number of hydrogen-bond acceptors (Lipinski definition) is 4. The monoisotopic (exact) mass is 261 g/mol. The molecular formula is C12H11N3O2S. The van der Waals surface area contributed by atoms with Gasteiger partial charge in [-0.2, -0.15) is 9.98 Å². The summed E-state index contributed by atoms with van der Waals surface area (Å²) in [4.78, 5) is 4.23. The van der Waals surface area contributed by atoms with Crippen molar-refractivity contribution in [3.63, 3.8) is 0 Å². The number of sulfonamides is 1. The maximum Gasteiger partial charge on any atom is 0.242 e. The summed E-state index contributed by atoms with van der Waals surface area (Å²) in [7, 11) is -3.71. The van der Waals surface area contributed by atoms with Crippen LogP contribution < -0.4 is 4.72 Å². The van der Waals surface area contributed by atoms with E-state index in [-0.39, 0.29) is 4.90 Å². The van der Waals surface area contributed by atoms with Gasteiger partial charge in [-0.3, -0.25) is 4.98 Å². The molecule has 2 aromatic rings. The predicted molar refractivity (Wildman–Crippen MR) is 67.1 cm³/mol. The average Bonchev–Trinajstić information content (AvgIpc) is 2.37. The van der Waals surface area contributed by atoms with Crippen molar-refractivity contribution in [3.05, 3.63) is 36.5 Å². The topological polar surface area (TPSA) is 82.9 Å². The molecule has 0 fully saturated rings. The van der Waals surface area contributed by atoms with Crippen LogP contribution >= 0.6 is 0 Å². The molecule has 2 rings (SSSR count). The fourth-order valence-electron chi connectivity index (χ4n) is 1.63. The summed E-state index contributed by atoms with van der Waals surface area (Å²) in [6, 6.07) is 9.28. The van der Waals surface area contributed by atoms with Crippen LogP contribution in [-0.4, -0.2) is 19.4 Å². The number of benzene rings is 1. The number of rotatable bonds is 3. The third kappa shape index (κ3) is 2.32. The molecule has 1 heterocycles. The number of hydrogen-bond donors (Lipinski definition) is 1. The molecule has 0 aliphatic rings. The lowest BCUT2D eigenvalue weighted by Gasteiger charge is -2.09. The van der Waals surface area contributed by atoms with Gasteiger partial charge in [0.1, 0.15) is 6.04 Å². The van der Waals surface area contributed by atoms with E-state index in [1.807, 2.05) is 6.07 Å². The number of nitrogens with one attached hydrogen (secondary N) is 1. The summed E-state index contributed by atoms with van der Waals surface area (Å²) in [5, 5.41) is 9.21. The van der Waals surface area contributed by atoms with Crippen molar-refractivity contribution >= 4 is 20.9 Å². The zero-order chi connectivity index (χ0) is 13.2. The van der Waals surface area contributed by atoms with E-state index in [1.165, 1.54) is 13.0 Å². The van der Waals surface area contributed by atoms with Crippen LogP contribution in [0.25, 0.3) is 10.9 Å². The predicted octanol–water partition coefficient (Wildman–Crippen LogP) is 1.43. The molecule has 0 amide bonds. The van der Waals surface area contributed by atoms with Gasteiger partial charge in [0, 0.05) is 11.6 Å². The van der Waals surface area contributed by atoms with E-state index in [2.05, 4.69) is 9.71 Å². The number of nitrogens with zero attached hydrogens (tertiary/aromatic N) is 2. The quantitative estimate of drug-likeness (QED) is 0.905. The largest absolute Gasteiger partial charge is 0.256 e. The van der Waals surface area contributed by atoms with E-state index in [0.29, 0.717) is 10.9 Å². The molecule has 0 saturated carbocycles. The Morgan fingerprint density at radius 1 is 1.33 bits per heavy atom. The van der Waals surface area contributed by atoms with Gasteiger partial charge in [-0.15, -0.1) is 0 Å². The lowest BCUT2D eigenvalue weighted by molar-refractivity contribution is 0.578. The third-order valence-corrected chi connectivity index (χ3v) is 4.02. The lowest BCUT2D eigenvalue weighted by Crippen LogP contribution is -2.31. The van der Waals surface area contributed by atoms with Gasteiger partial charge >= 0.3 is 0 Å². The van der Waals surface area contributed by atoms with E-state index in [1.54, 1.807) is 30.5 Å². The Bertz CT molecular complexity index is 714. The van der Waals surface area contributed by atoms with Gasteiger partial charge in [0.15, 0.2) is 0 Å². The third-order valence-electron chi connectivity index (χ3n) is 2.42. The van der Waals surface area contributed by atoms with Crippen LogP contribution in [0, 0.1) is 11.3 Å². The van der Waals surface area contributed by atoms with Crippen LogP contribution in [0.3, 0.4) is 0 Å². The minimum Gasteiger partial charge on any atom is -0.256 e. The highest BCUT2D eigenvalue weighted by Crippen LogP contribution is 2.21. The van der Waals surface area contributed by atoms with E-state index >= 15 is 0 Å². The Balaban J connectivity index is 2.58. The first-order chi connectivity index (χ1) is 8.54. The van der Waals surface area contributed by atoms with Crippen LogP contribution in [-0.2, 0) is 10.0 Å². The molecule has 0 aliphatic heterocycles. The van der Waals surface area contributed by atoms with Crippen molar-refractivity contribution in [2.45, 2.75) is 17.9 Å². The van der Waals surface area contributed by atoms with Crippen molar-refractivity contribution in [2.75, 3.05) is 0 Å². The van der Waals surface area contributed by atoms with Crippen molar-refractivity contribution < 1.29 is 8.42 Å². The molecule has 1 aromatic carbocycles. The van der Waals surface area contributed by atoms with Gasteiger partial charge in [0.25, 0.3) is 0 Å². The van der Waals surface area contributed by atoms with Crippen LogP contribution in [0.2, 0.25) is 0 Å².